The molecule has 2 saturated heterocycles. The summed E-state index contributed by atoms with van der Waals surface area (Å²) in [5.74, 6) is 0.167. The molecule has 0 radical (unpaired) electrons. The first kappa shape index (κ1) is 8.02. The van der Waals surface area contributed by atoms with E-state index in [0.29, 0.717) is 6.54 Å². The average molecular weight is 153 g/mol. The zero-order valence-corrected chi connectivity index (χ0v) is 6.26. The van der Waals surface area contributed by atoms with Crippen LogP contribution in [-0.2, 0) is 4.79 Å². The molecule has 60 valence electrons. The summed E-state index contributed by atoms with van der Waals surface area (Å²) in [6.07, 6.45) is 2.20. The van der Waals surface area contributed by atoms with Crippen LogP contribution in [0.4, 0.5) is 0 Å². The molecule has 2 aliphatic heterocycles. The second kappa shape index (κ2) is 3.94. The third-order valence-corrected chi connectivity index (χ3v) is 1.54. The summed E-state index contributed by atoms with van der Waals surface area (Å²) < 4.78 is 0. The van der Waals surface area contributed by atoms with E-state index in [-0.39, 0.29) is 11.9 Å². The van der Waals surface area contributed by atoms with Gasteiger partial charge in [0, 0.05) is 0 Å². The molecule has 0 aromatic carbocycles. The van der Waals surface area contributed by atoms with E-state index in [9.17, 15) is 4.79 Å². The Kier molecular flexibility index (Phi) is 2.87. The maximum atomic E-state index is 9.44. The minimum atomic E-state index is 0.153. The van der Waals surface area contributed by atoms with Crippen molar-refractivity contribution in [3.63, 3.8) is 0 Å². The fourth-order valence-electron chi connectivity index (χ4n) is 0.831. The Morgan fingerprint density at radius 1 is 1.64 bits per heavy atom. The molecule has 2 heterocycles. The molecular weight excluding hydrogens is 142 g/mol. The van der Waals surface area contributed by atoms with Gasteiger partial charge in [-0.3, -0.25) is 4.79 Å². The van der Waals surface area contributed by atoms with E-state index in [4.69, 9.17) is 5.26 Å². The number of hydrogen-bond acceptors (Lipinski definition) is 3. The SMILES string of the molecule is N#CC1CCCN1.O=C1CN1. The summed E-state index contributed by atoms with van der Waals surface area (Å²) >= 11 is 0. The first-order valence-electron chi connectivity index (χ1n) is 3.72. The van der Waals surface area contributed by atoms with E-state index in [0.717, 1.165) is 19.4 Å². The quantitative estimate of drug-likeness (QED) is 0.455. The number of hydrogen-bond donors (Lipinski definition) is 2. The molecule has 0 aromatic heterocycles. The Morgan fingerprint density at radius 2 is 2.27 bits per heavy atom. The second-order valence-corrected chi connectivity index (χ2v) is 2.55. The number of nitrogens with zero attached hydrogens (tertiary/aromatic N) is 1. The smallest absolute Gasteiger partial charge is 0.239 e. The van der Waals surface area contributed by atoms with Gasteiger partial charge in [-0.1, -0.05) is 0 Å². The van der Waals surface area contributed by atoms with E-state index >= 15 is 0 Å². The molecule has 2 aliphatic rings. The van der Waals surface area contributed by atoms with Crippen LogP contribution >= 0.6 is 0 Å². The highest BCUT2D eigenvalue weighted by Gasteiger charge is 2.11. The average Bonchev–Trinajstić information content (AvgIpc) is 2.66. The Labute approximate surface area is 65.6 Å². The minimum absolute atomic E-state index is 0.153. The summed E-state index contributed by atoms with van der Waals surface area (Å²) in [5.41, 5.74) is 0. The summed E-state index contributed by atoms with van der Waals surface area (Å²) in [6, 6.07) is 2.31. The summed E-state index contributed by atoms with van der Waals surface area (Å²) in [7, 11) is 0. The molecule has 1 unspecified atom stereocenters. The van der Waals surface area contributed by atoms with Crippen molar-refractivity contribution in [1.82, 2.24) is 10.6 Å². The van der Waals surface area contributed by atoms with Crippen molar-refractivity contribution in [2.45, 2.75) is 18.9 Å². The number of carbonyl (C=O) groups is 1. The van der Waals surface area contributed by atoms with Crippen LogP contribution in [0.3, 0.4) is 0 Å². The van der Waals surface area contributed by atoms with Crippen LogP contribution in [0.15, 0.2) is 0 Å². The third-order valence-electron chi connectivity index (χ3n) is 1.54. The van der Waals surface area contributed by atoms with Crippen LogP contribution in [0.1, 0.15) is 12.8 Å². The van der Waals surface area contributed by atoms with Crippen LogP contribution in [-0.4, -0.2) is 25.0 Å². The van der Waals surface area contributed by atoms with Crippen molar-refractivity contribution in [2.75, 3.05) is 13.1 Å². The van der Waals surface area contributed by atoms with Crippen LogP contribution in [0.2, 0.25) is 0 Å². The maximum Gasteiger partial charge on any atom is 0.239 e. The predicted octanol–water partition coefficient (Wildman–Crippen LogP) is -0.622. The van der Waals surface area contributed by atoms with Gasteiger partial charge in [-0.15, -0.1) is 0 Å². The molecular formula is C7H11N3O. The Balaban J connectivity index is 0.000000128. The third kappa shape index (κ3) is 3.58. The first-order chi connectivity index (χ1) is 5.33. The molecule has 1 atom stereocenters. The van der Waals surface area contributed by atoms with Gasteiger partial charge < -0.3 is 10.6 Å². The Bertz CT molecular complexity index is 173. The number of carbonyl (C=O) groups excluding carboxylic acids is 1. The lowest BCUT2D eigenvalue weighted by atomic mass is 10.2. The lowest BCUT2D eigenvalue weighted by molar-refractivity contribution is -0.110. The van der Waals surface area contributed by atoms with Gasteiger partial charge in [-0.05, 0) is 19.4 Å². The van der Waals surface area contributed by atoms with Crippen LogP contribution in [0, 0.1) is 11.3 Å². The Morgan fingerprint density at radius 3 is 2.45 bits per heavy atom. The fraction of sp³-hybridized carbons (Fsp3) is 0.714. The van der Waals surface area contributed by atoms with Crippen molar-refractivity contribution in [3.05, 3.63) is 0 Å². The van der Waals surface area contributed by atoms with Gasteiger partial charge >= 0.3 is 0 Å². The highest BCUT2D eigenvalue weighted by atomic mass is 16.2. The molecule has 0 spiro atoms. The normalized spacial score (nSPS) is 26.1. The van der Waals surface area contributed by atoms with Gasteiger partial charge in [0.2, 0.25) is 5.91 Å². The summed E-state index contributed by atoms with van der Waals surface area (Å²) in [6.45, 7) is 1.62. The monoisotopic (exact) mass is 153 g/mol. The van der Waals surface area contributed by atoms with E-state index in [1.165, 1.54) is 0 Å². The molecule has 0 saturated carbocycles. The molecule has 1 amide bonds. The molecule has 2 N–H and O–H groups in total. The maximum absolute atomic E-state index is 9.44. The summed E-state index contributed by atoms with van der Waals surface area (Å²) in [4.78, 5) is 9.44. The number of nitriles is 1. The van der Waals surface area contributed by atoms with Gasteiger partial charge in [0.05, 0.1) is 18.7 Å². The molecule has 0 aromatic rings. The highest BCUT2D eigenvalue weighted by molar-refractivity contribution is 5.91. The lowest BCUT2D eigenvalue weighted by Gasteiger charge is -1.91. The summed E-state index contributed by atoms with van der Waals surface area (Å²) in [5, 5.41) is 13.8. The largest absolute Gasteiger partial charge is 0.346 e. The topological polar surface area (TPSA) is 74.8 Å². The van der Waals surface area contributed by atoms with Crippen molar-refractivity contribution < 1.29 is 4.79 Å². The zero-order valence-electron chi connectivity index (χ0n) is 6.26. The van der Waals surface area contributed by atoms with Crippen LogP contribution in [0.25, 0.3) is 0 Å². The van der Waals surface area contributed by atoms with Gasteiger partial charge in [-0.25, -0.2) is 0 Å². The molecule has 4 nitrogen and oxygen atoms in total. The van der Waals surface area contributed by atoms with Crippen LogP contribution < -0.4 is 10.6 Å². The lowest BCUT2D eigenvalue weighted by Crippen LogP contribution is -2.18. The van der Waals surface area contributed by atoms with Crippen molar-refractivity contribution in [3.8, 4) is 6.07 Å². The number of amides is 1. The van der Waals surface area contributed by atoms with Gasteiger partial charge in [0.25, 0.3) is 0 Å². The second-order valence-electron chi connectivity index (χ2n) is 2.55. The van der Waals surface area contributed by atoms with E-state index in [1.54, 1.807) is 0 Å². The molecule has 2 rings (SSSR count). The van der Waals surface area contributed by atoms with Crippen LogP contribution in [0.5, 0.6) is 0 Å². The predicted molar refractivity (Wildman–Crippen MR) is 39.6 cm³/mol. The molecule has 0 bridgehead atoms. The van der Waals surface area contributed by atoms with E-state index in [2.05, 4.69) is 16.7 Å². The number of nitrogens with one attached hydrogen (secondary N) is 2. The number of rotatable bonds is 0. The standard InChI is InChI=1S/C5H8N2.C2H3NO/c6-4-5-2-1-3-7-5;4-2-1-3-2/h5,7H,1-3H2;1H2,(H,3,4). The molecule has 11 heavy (non-hydrogen) atoms. The Hall–Kier alpha value is -1.08. The van der Waals surface area contributed by atoms with Crippen molar-refractivity contribution in [2.24, 2.45) is 0 Å². The van der Waals surface area contributed by atoms with E-state index in [1.807, 2.05) is 0 Å². The fourth-order valence-corrected chi connectivity index (χ4v) is 0.831. The molecule has 2 fully saturated rings. The van der Waals surface area contributed by atoms with Crippen molar-refractivity contribution in [1.29, 1.82) is 5.26 Å². The van der Waals surface area contributed by atoms with E-state index < -0.39 is 0 Å². The zero-order chi connectivity index (χ0) is 8.10. The van der Waals surface area contributed by atoms with Gasteiger partial charge in [0.1, 0.15) is 0 Å². The van der Waals surface area contributed by atoms with Crippen molar-refractivity contribution >= 4 is 5.91 Å². The first-order valence-corrected chi connectivity index (χ1v) is 3.72. The van der Waals surface area contributed by atoms with Gasteiger partial charge in [0.15, 0.2) is 0 Å². The highest BCUT2D eigenvalue weighted by Crippen LogP contribution is 2.01. The molecule has 4 heteroatoms. The minimum Gasteiger partial charge on any atom is -0.346 e. The van der Waals surface area contributed by atoms with Gasteiger partial charge in [-0.2, -0.15) is 5.26 Å². The molecule has 0 aliphatic carbocycles.